The lowest BCUT2D eigenvalue weighted by Gasteiger charge is -2.32. The molecule has 0 saturated heterocycles. The first-order valence-electron chi connectivity index (χ1n) is 12.2. The minimum absolute atomic E-state index is 0.109. The Morgan fingerprint density at radius 1 is 0.974 bits per heavy atom. The van der Waals surface area contributed by atoms with Crippen molar-refractivity contribution in [1.29, 1.82) is 0 Å². The van der Waals surface area contributed by atoms with Crippen LogP contribution in [0.2, 0.25) is 0 Å². The molecule has 0 aromatic heterocycles. The van der Waals surface area contributed by atoms with E-state index in [1.165, 1.54) is 4.90 Å². The number of benzene rings is 3. The van der Waals surface area contributed by atoms with E-state index in [9.17, 15) is 18.6 Å². The molecule has 9 nitrogen and oxygen atoms in total. The van der Waals surface area contributed by atoms with Crippen LogP contribution < -0.4 is 25.0 Å². The van der Waals surface area contributed by atoms with Crippen LogP contribution in [0.4, 0.5) is 11.4 Å². The van der Waals surface area contributed by atoms with Crippen LogP contribution in [0.15, 0.2) is 60.7 Å². The van der Waals surface area contributed by atoms with Crippen LogP contribution in [-0.2, 0) is 25.2 Å². The normalized spacial score (nSPS) is 14.0. The number of carbonyl (C=O) groups is 3. The van der Waals surface area contributed by atoms with Crippen molar-refractivity contribution in [2.75, 3.05) is 28.5 Å². The highest BCUT2D eigenvalue weighted by molar-refractivity contribution is 7.86. The van der Waals surface area contributed by atoms with Gasteiger partial charge in [-0.1, -0.05) is 36.4 Å². The topological polar surface area (TPSA) is 114 Å². The smallest absolute Gasteiger partial charge is 0.243 e. The Hall–Kier alpha value is -3.92. The molecule has 2 atom stereocenters. The average molecular weight is 538 g/mol. The molecule has 0 fully saturated rings. The Bertz CT molecular complexity index is 1400. The third kappa shape index (κ3) is 6.49. The van der Waals surface area contributed by atoms with Gasteiger partial charge in [0, 0.05) is 33.5 Å². The standard InChI is InChI=1S/C28H31N3O6S/c1-18(27(34)30-28(2,3)4)31(22-11-7-9-19-8-5-6-10-21(19)22)26(33)16-38(35)15-25(32)29-20-12-13-23-24(14-20)37-17-36-23/h5-14,18H,15-17H2,1-4H3,(H,29,32)(H,30,34)/t18-,38+/m0/s1. The maximum Gasteiger partial charge on any atom is 0.243 e. The summed E-state index contributed by atoms with van der Waals surface area (Å²) in [5.41, 5.74) is 0.493. The molecule has 3 aromatic carbocycles. The fourth-order valence-electron chi connectivity index (χ4n) is 4.14. The van der Waals surface area contributed by atoms with Crippen molar-refractivity contribution in [1.82, 2.24) is 5.32 Å². The summed E-state index contributed by atoms with van der Waals surface area (Å²) in [6.45, 7) is 7.31. The molecular weight excluding hydrogens is 506 g/mol. The molecule has 0 radical (unpaired) electrons. The predicted octanol–water partition coefficient (Wildman–Crippen LogP) is 3.59. The zero-order valence-electron chi connectivity index (χ0n) is 21.8. The number of rotatable bonds is 8. The summed E-state index contributed by atoms with van der Waals surface area (Å²) < 4.78 is 23.5. The van der Waals surface area contributed by atoms with Crippen molar-refractivity contribution in [2.45, 2.75) is 39.3 Å². The molecule has 3 amide bonds. The second-order valence-corrected chi connectivity index (χ2v) is 11.5. The lowest BCUT2D eigenvalue weighted by molar-refractivity contribution is -0.126. The van der Waals surface area contributed by atoms with E-state index >= 15 is 0 Å². The van der Waals surface area contributed by atoms with Gasteiger partial charge in [0.05, 0.1) is 5.69 Å². The Labute approximate surface area is 223 Å². The highest BCUT2D eigenvalue weighted by atomic mass is 32.2. The number of hydrogen-bond donors (Lipinski definition) is 2. The van der Waals surface area contributed by atoms with E-state index in [0.717, 1.165) is 10.8 Å². The Morgan fingerprint density at radius 2 is 1.68 bits per heavy atom. The number of carbonyl (C=O) groups excluding carboxylic acids is 3. The molecule has 1 aliphatic heterocycles. The Kier molecular flexibility index (Phi) is 8.01. The molecule has 0 spiro atoms. The van der Waals surface area contributed by atoms with Gasteiger partial charge in [-0.15, -0.1) is 0 Å². The molecule has 1 aliphatic rings. The van der Waals surface area contributed by atoms with Crippen LogP contribution in [0.1, 0.15) is 27.7 Å². The fraction of sp³-hybridized carbons (Fsp3) is 0.321. The van der Waals surface area contributed by atoms with Crippen LogP contribution >= 0.6 is 0 Å². The van der Waals surface area contributed by atoms with Gasteiger partial charge < -0.3 is 20.1 Å². The van der Waals surface area contributed by atoms with Gasteiger partial charge in [0.1, 0.15) is 17.5 Å². The van der Waals surface area contributed by atoms with Crippen molar-refractivity contribution in [3.05, 3.63) is 60.7 Å². The summed E-state index contributed by atoms with van der Waals surface area (Å²) in [6.07, 6.45) is 0. The maximum atomic E-state index is 13.6. The zero-order valence-corrected chi connectivity index (χ0v) is 22.6. The van der Waals surface area contributed by atoms with Crippen molar-refractivity contribution in [3.63, 3.8) is 0 Å². The molecule has 0 aliphatic carbocycles. The summed E-state index contributed by atoms with van der Waals surface area (Å²) in [4.78, 5) is 40.6. The van der Waals surface area contributed by atoms with Crippen LogP contribution in [0.5, 0.6) is 11.5 Å². The molecule has 3 aromatic rings. The van der Waals surface area contributed by atoms with Crippen LogP contribution in [0, 0.1) is 0 Å². The van der Waals surface area contributed by atoms with Crippen molar-refractivity contribution in [2.24, 2.45) is 0 Å². The first-order valence-corrected chi connectivity index (χ1v) is 13.7. The zero-order chi connectivity index (χ0) is 27.4. The maximum absolute atomic E-state index is 13.6. The van der Waals surface area contributed by atoms with Gasteiger partial charge in [-0.25, -0.2) is 0 Å². The number of ether oxygens (including phenoxy) is 2. The molecule has 200 valence electrons. The Balaban J connectivity index is 1.51. The lowest BCUT2D eigenvalue weighted by atomic mass is 10.1. The number of nitrogens with one attached hydrogen (secondary N) is 2. The molecule has 2 N–H and O–H groups in total. The second-order valence-electron chi connectivity index (χ2n) is 10.0. The number of hydrogen-bond acceptors (Lipinski definition) is 6. The third-order valence-electron chi connectivity index (χ3n) is 5.79. The van der Waals surface area contributed by atoms with Crippen molar-refractivity contribution in [3.8, 4) is 11.5 Å². The van der Waals surface area contributed by atoms with Gasteiger partial charge in [0.2, 0.25) is 24.5 Å². The highest BCUT2D eigenvalue weighted by Crippen LogP contribution is 2.34. The molecule has 4 rings (SSSR count). The molecule has 1 heterocycles. The quantitative estimate of drug-likeness (QED) is 0.454. The van der Waals surface area contributed by atoms with E-state index in [0.29, 0.717) is 22.9 Å². The van der Waals surface area contributed by atoms with Gasteiger partial charge in [0.15, 0.2) is 11.5 Å². The summed E-state index contributed by atoms with van der Waals surface area (Å²) in [5.74, 6) is -1.10. The van der Waals surface area contributed by atoms with Gasteiger partial charge in [-0.2, -0.15) is 0 Å². The van der Waals surface area contributed by atoms with E-state index in [1.54, 1.807) is 31.2 Å². The van der Waals surface area contributed by atoms with Crippen LogP contribution in [-0.4, -0.2) is 51.8 Å². The number of nitrogens with zero attached hydrogens (tertiary/aromatic N) is 1. The second kappa shape index (κ2) is 11.2. The first kappa shape index (κ1) is 27.1. The van der Waals surface area contributed by atoms with E-state index in [-0.39, 0.29) is 18.5 Å². The van der Waals surface area contributed by atoms with Gasteiger partial charge in [-0.05, 0) is 51.3 Å². The minimum atomic E-state index is -1.82. The molecule has 0 bridgehead atoms. The van der Waals surface area contributed by atoms with Gasteiger partial charge in [-0.3, -0.25) is 23.5 Å². The monoisotopic (exact) mass is 537 g/mol. The number of anilines is 2. The third-order valence-corrected chi connectivity index (χ3v) is 6.95. The molecule has 38 heavy (non-hydrogen) atoms. The van der Waals surface area contributed by atoms with Crippen LogP contribution in [0.3, 0.4) is 0 Å². The molecule has 10 heteroatoms. The molecular formula is C28H31N3O6S. The summed E-state index contributed by atoms with van der Waals surface area (Å²) in [6, 6.07) is 17.1. The largest absolute Gasteiger partial charge is 0.454 e. The van der Waals surface area contributed by atoms with Crippen molar-refractivity contribution >= 4 is 50.7 Å². The van der Waals surface area contributed by atoms with E-state index < -0.39 is 39.9 Å². The molecule has 0 saturated carbocycles. The van der Waals surface area contributed by atoms with Gasteiger partial charge >= 0.3 is 0 Å². The SMILES string of the molecule is C[C@@H](C(=O)NC(C)(C)C)N(C(=O)C[S@](=O)CC(=O)Nc1ccc2c(c1)OCO2)c1cccc2ccccc12. The number of fused-ring (bicyclic) bond motifs is 2. The highest BCUT2D eigenvalue weighted by Gasteiger charge is 2.31. The summed E-state index contributed by atoms with van der Waals surface area (Å²) in [5, 5.41) is 7.26. The average Bonchev–Trinajstić information content (AvgIpc) is 3.31. The van der Waals surface area contributed by atoms with E-state index in [1.807, 2.05) is 57.2 Å². The first-order chi connectivity index (χ1) is 18.0. The predicted molar refractivity (Wildman–Crippen MR) is 148 cm³/mol. The summed E-state index contributed by atoms with van der Waals surface area (Å²) in [7, 11) is -1.82. The van der Waals surface area contributed by atoms with E-state index in [2.05, 4.69) is 10.6 Å². The lowest BCUT2D eigenvalue weighted by Crippen LogP contribution is -2.53. The number of amides is 3. The van der Waals surface area contributed by atoms with Gasteiger partial charge in [0.25, 0.3) is 0 Å². The Morgan fingerprint density at radius 3 is 2.45 bits per heavy atom. The van der Waals surface area contributed by atoms with E-state index in [4.69, 9.17) is 9.47 Å². The fourth-order valence-corrected chi connectivity index (χ4v) is 5.03. The summed E-state index contributed by atoms with van der Waals surface area (Å²) >= 11 is 0. The van der Waals surface area contributed by atoms with Crippen molar-refractivity contribution < 1.29 is 28.1 Å². The molecule has 0 unspecified atom stereocenters. The minimum Gasteiger partial charge on any atom is -0.454 e. The van der Waals surface area contributed by atoms with Crippen LogP contribution in [0.25, 0.3) is 10.8 Å².